The van der Waals surface area contributed by atoms with Gasteiger partial charge in [-0.1, -0.05) is 25.1 Å². The maximum absolute atomic E-state index is 5.23. The van der Waals surface area contributed by atoms with Gasteiger partial charge in [-0.25, -0.2) is 0 Å². The van der Waals surface area contributed by atoms with Gasteiger partial charge < -0.3 is 10.1 Å². The van der Waals surface area contributed by atoms with Gasteiger partial charge in [0.05, 0.1) is 7.11 Å². The molecule has 2 heteroatoms. The molecule has 0 fully saturated rings. The highest BCUT2D eigenvalue weighted by Crippen LogP contribution is 2.19. The minimum atomic E-state index is 0.410. The molecule has 1 rings (SSSR count). The Morgan fingerprint density at radius 2 is 2.19 bits per heavy atom. The Morgan fingerprint density at radius 3 is 2.75 bits per heavy atom. The van der Waals surface area contributed by atoms with E-state index in [2.05, 4.69) is 50.4 Å². The molecule has 0 aliphatic rings. The molecular formula is C14H21NO. The van der Waals surface area contributed by atoms with Gasteiger partial charge in [0.2, 0.25) is 0 Å². The summed E-state index contributed by atoms with van der Waals surface area (Å²) in [6, 6.07) is 6.62. The van der Waals surface area contributed by atoms with Crippen LogP contribution in [0.1, 0.15) is 25.0 Å². The molecule has 1 aromatic carbocycles. The van der Waals surface area contributed by atoms with Crippen molar-refractivity contribution in [2.75, 3.05) is 13.7 Å². The van der Waals surface area contributed by atoms with E-state index >= 15 is 0 Å². The number of likely N-dealkylation sites (N-methyl/N-ethyl adjacent to an activating group) is 1. The first-order valence-corrected chi connectivity index (χ1v) is 5.73. The first-order chi connectivity index (χ1) is 7.67. The van der Waals surface area contributed by atoms with Crippen LogP contribution in [0.15, 0.2) is 24.3 Å². The van der Waals surface area contributed by atoms with Gasteiger partial charge in [0.1, 0.15) is 5.75 Å². The molecule has 0 aromatic heterocycles. The quantitative estimate of drug-likeness (QED) is 0.822. The Labute approximate surface area is 98.3 Å². The van der Waals surface area contributed by atoms with Crippen LogP contribution >= 0.6 is 0 Å². The molecule has 1 N–H and O–H groups in total. The second kappa shape index (κ2) is 6.33. The molecule has 0 saturated carbocycles. The standard InChI is InChI=1S/C14H21NO/c1-5-15-12(3)6-7-13-8-9-14(16-4)11(2)10-13/h6-10,12,15H,5H2,1-4H3/b7-6+. The van der Waals surface area contributed by atoms with Crippen LogP contribution in [0.5, 0.6) is 5.75 Å². The van der Waals surface area contributed by atoms with E-state index < -0.39 is 0 Å². The number of ether oxygens (including phenoxy) is 1. The van der Waals surface area contributed by atoms with E-state index in [-0.39, 0.29) is 0 Å². The normalized spacial score (nSPS) is 13.0. The Morgan fingerprint density at radius 1 is 1.44 bits per heavy atom. The second-order valence-corrected chi connectivity index (χ2v) is 3.93. The molecule has 0 aliphatic carbocycles. The summed E-state index contributed by atoms with van der Waals surface area (Å²) in [5, 5.41) is 3.34. The van der Waals surface area contributed by atoms with Crippen LogP contribution in [0, 0.1) is 6.92 Å². The summed E-state index contributed by atoms with van der Waals surface area (Å²) in [5.41, 5.74) is 2.38. The number of rotatable bonds is 5. The SMILES string of the molecule is CCNC(C)/C=C/c1ccc(OC)c(C)c1. The molecule has 2 nitrogen and oxygen atoms in total. The summed E-state index contributed by atoms with van der Waals surface area (Å²) in [4.78, 5) is 0. The number of hydrogen-bond acceptors (Lipinski definition) is 2. The third kappa shape index (κ3) is 3.70. The van der Waals surface area contributed by atoms with Gasteiger partial charge in [0.25, 0.3) is 0 Å². The highest BCUT2D eigenvalue weighted by molar-refractivity contribution is 5.53. The summed E-state index contributed by atoms with van der Waals surface area (Å²) in [5.74, 6) is 0.942. The highest BCUT2D eigenvalue weighted by Gasteiger charge is 1.98. The van der Waals surface area contributed by atoms with Crippen LogP contribution in [-0.4, -0.2) is 19.7 Å². The predicted molar refractivity (Wildman–Crippen MR) is 69.9 cm³/mol. The van der Waals surface area contributed by atoms with E-state index in [1.54, 1.807) is 7.11 Å². The monoisotopic (exact) mass is 219 g/mol. The Bertz CT molecular complexity index is 358. The summed E-state index contributed by atoms with van der Waals surface area (Å²) >= 11 is 0. The van der Waals surface area contributed by atoms with Gasteiger partial charge >= 0.3 is 0 Å². The maximum atomic E-state index is 5.23. The van der Waals surface area contributed by atoms with Crippen molar-refractivity contribution in [1.82, 2.24) is 5.32 Å². The molecular weight excluding hydrogens is 198 g/mol. The summed E-state index contributed by atoms with van der Waals surface area (Å²) in [6.45, 7) is 7.31. The van der Waals surface area contributed by atoms with Crippen molar-refractivity contribution in [3.05, 3.63) is 35.4 Å². The van der Waals surface area contributed by atoms with Gasteiger partial charge in [0.15, 0.2) is 0 Å². The second-order valence-electron chi connectivity index (χ2n) is 3.93. The van der Waals surface area contributed by atoms with Crippen molar-refractivity contribution < 1.29 is 4.74 Å². The van der Waals surface area contributed by atoms with Gasteiger partial charge in [-0.3, -0.25) is 0 Å². The first-order valence-electron chi connectivity index (χ1n) is 5.73. The van der Waals surface area contributed by atoms with E-state index in [1.807, 2.05) is 6.07 Å². The molecule has 0 heterocycles. The van der Waals surface area contributed by atoms with Crippen molar-refractivity contribution in [2.24, 2.45) is 0 Å². The van der Waals surface area contributed by atoms with E-state index in [9.17, 15) is 0 Å². The first kappa shape index (κ1) is 12.8. The van der Waals surface area contributed by atoms with Crippen LogP contribution in [0.4, 0.5) is 0 Å². The van der Waals surface area contributed by atoms with Crippen LogP contribution in [0.2, 0.25) is 0 Å². The number of benzene rings is 1. The van der Waals surface area contributed by atoms with Gasteiger partial charge in [-0.05, 0) is 43.7 Å². The fraction of sp³-hybridized carbons (Fsp3) is 0.429. The van der Waals surface area contributed by atoms with E-state index in [0.29, 0.717) is 6.04 Å². The number of methoxy groups -OCH3 is 1. The zero-order valence-corrected chi connectivity index (χ0v) is 10.6. The average Bonchev–Trinajstić information content (AvgIpc) is 2.27. The highest BCUT2D eigenvalue weighted by atomic mass is 16.5. The topological polar surface area (TPSA) is 21.3 Å². The number of hydrogen-bond donors (Lipinski definition) is 1. The minimum absolute atomic E-state index is 0.410. The Balaban J connectivity index is 2.71. The average molecular weight is 219 g/mol. The van der Waals surface area contributed by atoms with Crippen LogP contribution < -0.4 is 10.1 Å². The molecule has 1 aromatic rings. The van der Waals surface area contributed by atoms with E-state index in [1.165, 1.54) is 11.1 Å². The lowest BCUT2D eigenvalue weighted by atomic mass is 10.1. The molecule has 1 atom stereocenters. The van der Waals surface area contributed by atoms with Crippen LogP contribution in [0.25, 0.3) is 6.08 Å². The molecule has 1 unspecified atom stereocenters. The lowest BCUT2D eigenvalue weighted by molar-refractivity contribution is 0.411. The third-order valence-electron chi connectivity index (χ3n) is 2.52. The molecule has 16 heavy (non-hydrogen) atoms. The molecule has 88 valence electrons. The predicted octanol–water partition coefficient (Wildman–Crippen LogP) is 3.01. The van der Waals surface area contributed by atoms with Crippen LogP contribution in [-0.2, 0) is 0 Å². The Hall–Kier alpha value is -1.28. The lowest BCUT2D eigenvalue weighted by Gasteiger charge is -2.07. The smallest absolute Gasteiger partial charge is 0.121 e. The van der Waals surface area contributed by atoms with Gasteiger partial charge in [0, 0.05) is 6.04 Å². The van der Waals surface area contributed by atoms with Crippen molar-refractivity contribution in [2.45, 2.75) is 26.8 Å². The van der Waals surface area contributed by atoms with Crippen molar-refractivity contribution in [1.29, 1.82) is 0 Å². The van der Waals surface area contributed by atoms with Gasteiger partial charge in [-0.2, -0.15) is 0 Å². The van der Waals surface area contributed by atoms with Crippen molar-refractivity contribution in [3.8, 4) is 5.75 Å². The number of aryl methyl sites for hydroxylation is 1. The zero-order valence-electron chi connectivity index (χ0n) is 10.6. The molecule has 0 aliphatic heterocycles. The Kier molecular flexibility index (Phi) is 5.06. The molecule has 0 bridgehead atoms. The fourth-order valence-corrected chi connectivity index (χ4v) is 1.65. The van der Waals surface area contributed by atoms with Gasteiger partial charge in [-0.15, -0.1) is 0 Å². The third-order valence-corrected chi connectivity index (χ3v) is 2.52. The number of nitrogens with one attached hydrogen (secondary N) is 1. The minimum Gasteiger partial charge on any atom is -0.496 e. The molecule has 0 radical (unpaired) electrons. The largest absolute Gasteiger partial charge is 0.496 e. The zero-order chi connectivity index (χ0) is 12.0. The summed E-state index contributed by atoms with van der Waals surface area (Å²) in [6.07, 6.45) is 4.31. The van der Waals surface area contributed by atoms with E-state index in [0.717, 1.165) is 12.3 Å². The van der Waals surface area contributed by atoms with Crippen molar-refractivity contribution in [3.63, 3.8) is 0 Å². The van der Waals surface area contributed by atoms with E-state index in [4.69, 9.17) is 4.74 Å². The molecule has 0 amide bonds. The maximum Gasteiger partial charge on any atom is 0.121 e. The summed E-state index contributed by atoms with van der Waals surface area (Å²) in [7, 11) is 1.70. The van der Waals surface area contributed by atoms with Crippen molar-refractivity contribution >= 4 is 6.08 Å². The molecule has 0 spiro atoms. The lowest BCUT2D eigenvalue weighted by Crippen LogP contribution is -2.22. The van der Waals surface area contributed by atoms with Crippen LogP contribution in [0.3, 0.4) is 0 Å². The fourth-order valence-electron chi connectivity index (χ4n) is 1.65. The molecule has 0 saturated heterocycles. The summed E-state index contributed by atoms with van der Waals surface area (Å²) < 4.78 is 5.23.